The molecule has 1 heterocycles. The van der Waals surface area contributed by atoms with Gasteiger partial charge in [-0.25, -0.2) is 4.79 Å². The first-order valence-electron chi connectivity index (χ1n) is 4.00. The third-order valence-corrected chi connectivity index (χ3v) is 1.85. The number of carbonyl (C=O) groups is 1. The highest BCUT2D eigenvalue weighted by atomic mass is 16.5. The number of hydrogen-bond donors (Lipinski definition) is 0. The molecule has 0 spiro atoms. The quantitative estimate of drug-likeness (QED) is 0.640. The van der Waals surface area contributed by atoms with Crippen LogP contribution in [-0.4, -0.2) is 17.6 Å². The standard InChI is InChI=1S/C9H13NO2/c1-3-8(9(11)12-2)10-6-4-5-7-10/h4-8H,3H2,1-2H3/t8-/m0/s1. The number of carbonyl (C=O) groups excluding carboxylic acids is 1. The molecule has 1 aromatic rings. The van der Waals surface area contributed by atoms with Gasteiger partial charge in [-0.3, -0.25) is 0 Å². The van der Waals surface area contributed by atoms with Gasteiger partial charge in [0.2, 0.25) is 0 Å². The summed E-state index contributed by atoms with van der Waals surface area (Å²) >= 11 is 0. The Morgan fingerprint density at radius 3 is 2.50 bits per heavy atom. The van der Waals surface area contributed by atoms with Crippen molar-refractivity contribution in [2.24, 2.45) is 0 Å². The van der Waals surface area contributed by atoms with E-state index in [1.807, 2.05) is 36.0 Å². The highest BCUT2D eigenvalue weighted by Gasteiger charge is 2.16. The van der Waals surface area contributed by atoms with E-state index in [-0.39, 0.29) is 12.0 Å². The molecule has 12 heavy (non-hydrogen) atoms. The van der Waals surface area contributed by atoms with Gasteiger partial charge < -0.3 is 9.30 Å². The summed E-state index contributed by atoms with van der Waals surface area (Å²) in [6.45, 7) is 1.96. The Morgan fingerprint density at radius 2 is 2.08 bits per heavy atom. The lowest BCUT2D eigenvalue weighted by Gasteiger charge is -2.13. The van der Waals surface area contributed by atoms with Gasteiger partial charge in [0, 0.05) is 12.4 Å². The fourth-order valence-corrected chi connectivity index (χ4v) is 1.19. The van der Waals surface area contributed by atoms with E-state index in [1.54, 1.807) is 0 Å². The number of ether oxygens (including phenoxy) is 1. The molecule has 0 bridgehead atoms. The molecule has 0 saturated carbocycles. The number of esters is 1. The molecule has 0 fully saturated rings. The summed E-state index contributed by atoms with van der Waals surface area (Å²) in [7, 11) is 1.41. The molecule has 1 aromatic heterocycles. The minimum atomic E-state index is -0.186. The van der Waals surface area contributed by atoms with E-state index in [1.165, 1.54) is 7.11 Å². The molecular weight excluding hydrogens is 154 g/mol. The lowest BCUT2D eigenvalue weighted by atomic mass is 10.2. The van der Waals surface area contributed by atoms with E-state index in [2.05, 4.69) is 4.74 Å². The van der Waals surface area contributed by atoms with Crippen LogP contribution in [0.2, 0.25) is 0 Å². The lowest BCUT2D eigenvalue weighted by molar-refractivity contribution is -0.144. The Hall–Kier alpha value is -1.25. The van der Waals surface area contributed by atoms with Crippen LogP contribution in [0.5, 0.6) is 0 Å². The molecule has 0 radical (unpaired) electrons. The van der Waals surface area contributed by atoms with Crippen molar-refractivity contribution in [3.8, 4) is 0 Å². The molecule has 0 aliphatic carbocycles. The number of hydrogen-bond acceptors (Lipinski definition) is 2. The number of aromatic nitrogens is 1. The second-order valence-electron chi connectivity index (χ2n) is 2.58. The molecule has 3 heteroatoms. The molecule has 0 N–H and O–H groups in total. The van der Waals surface area contributed by atoms with E-state index in [0.29, 0.717) is 0 Å². The molecule has 0 saturated heterocycles. The van der Waals surface area contributed by atoms with E-state index < -0.39 is 0 Å². The Labute approximate surface area is 72.0 Å². The molecule has 66 valence electrons. The highest BCUT2D eigenvalue weighted by Crippen LogP contribution is 2.12. The monoisotopic (exact) mass is 167 g/mol. The summed E-state index contributed by atoms with van der Waals surface area (Å²) in [4.78, 5) is 11.2. The first kappa shape index (κ1) is 8.84. The minimum Gasteiger partial charge on any atom is -0.467 e. The normalized spacial score (nSPS) is 12.5. The number of nitrogens with zero attached hydrogens (tertiary/aromatic N) is 1. The maximum atomic E-state index is 11.2. The Kier molecular flexibility index (Phi) is 2.91. The Balaban J connectivity index is 2.76. The Morgan fingerprint density at radius 1 is 1.50 bits per heavy atom. The van der Waals surface area contributed by atoms with Crippen molar-refractivity contribution in [3.63, 3.8) is 0 Å². The molecule has 3 nitrogen and oxygen atoms in total. The molecule has 0 aliphatic rings. The highest BCUT2D eigenvalue weighted by molar-refractivity contribution is 5.73. The predicted octanol–water partition coefficient (Wildman–Crippen LogP) is 1.61. The molecule has 0 aliphatic heterocycles. The fraction of sp³-hybridized carbons (Fsp3) is 0.444. The maximum absolute atomic E-state index is 11.2. The van der Waals surface area contributed by atoms with Gasteiger partial charge in [0.15, 0.2) is 0 Å². The predicted molar refractivity (Wildman–Crippen MR) is 45.8 cm³/mol. The second kappa shape index (κ2) is 3.95. The number of methoxy groups -OCH3 is 1. The summed E-state index contributed by atoms with van der Waals surface area (Å²) in [5.41, 5.74) is 0. The van der Waals surface area contributed by atoms with Crippen LogP contribution in [0, 0.1) is 0 Å². The Bertz CT molecular complexity index is 241. The summed E-state index contributed by atoms with van der Waals surface area (Å²) < 4.78 is 6.52. The van der Waals surface area contributed by atoms with E-state index >= 15 is 0 Å². The van der Waals surface area contributed by atoms with Crippen LogP contribution in [0.4, 0.5) is 0 Å². The fourth-order valence-electron chi connectivity index (χ4n) is 1.19. The van der Waals surface area contributed by atoms with Gasteiger partial charge in [0.25, 0.3) is 0 Å². The third kappa shape index (κ3) is 1.67. The van der Waals surface area contributed by atoms with Crippen molar-refractivity contribution >= 4 is 5.97 Å². The van der Waals surface area contributed by atoms with Crippen molar-refractivity contribution in [1.82, 2.24) is 4.57 Å². The van der Waals surface area contributed by atoms with Crippen molar-refractivity contribution in [3.05, 3.63) is 24.5 Å². The van der Waals surface area contributed by atoms with Gasteiger partial charge in [0.05, 0.1) is 7.11 Å². The van der Waals surface area contributed by atoms with E-state index in [0.717, 1.165) is 6.42 Å². The summed E-state index contributed by atoms with van der Waals surface area (Å²) in [6, 6.07) is 3.61. The van der Waals surface area contributed by atoms with Crippen LogP contribution in [0.25, 0.3) is 0 Å². The zero-order valence-electron chi connectivity index (χ0n) is 7.36. The van der Waals surface area contributed by atoms with Crippen LogP contribution in [-0.2, 0) is 9.53 Å². The molecular formula is C9H13NO2. The van der Waals surface area contributed by atoms with Gasteiger partial charge in [0.1, 0.15) is 6.04 Å². The van der Waals surface area contributed by atoms with Crippen LogP contribution in [0.15, 0.2) is 24.5 Å². The third-order valence-electron chi connectivity index (χ3n) is 1.85. The average Bonchev–Trinajstić information content (AvgIpc) is 2.58. The topological polar surface area (TPSA) is 31.2 Å². The van der Waals surface area contributed by atoms with E-state index in [4.69, 9.17) is 0 Å². The summed E-state index contributed by atoms with van der Waals surface area (Å²) in [5.74, 6) is -0.186. The van der Waals surface area contributed by atoms with Gasteiger partial charge in [-0.05, 0) is 18.6 Å². The van der Waals surface area contributed by atoms with Crippen molar-refractivity contribution in [1.29, 1.82) is 0 Å². The first-order chi connectivity index (χ1) is 5.79. The van der Waals surface area contributed by atoms with Crippen LogP contribution in [0.1, 0.15) is 19.4 Å². The SMILES string of the molecule is CC[C@@H](C(=O)OC)n1cccc1. The summed E-state index contributed by atoms with van der Waals surface area (Å²) in [6.07, 6.45) is 4.48. The van der Waals surface area contributed by atoms with Crippen molar-refractivity contribution in [2.45, 2.75) is 19.4 Å². The number of rotatable bonds is 3. The van der Waals surface area contributed by atoms with E-state index in [9.17, 15) is 4.79 Å². The largest absolute Gasteiger partial charge is 0.467 e. The molecule has 1 rings (SSSR count). The molecule has 0 unspecified atom stereocenters. The van der Waals surface area contributed by atoms with Gasteiger partial charge in [-0.15, -0.1) is 0 Å². The zero-order chi connectivity index (χ0) is 8.97. The van der Waals surface area contributed by atoms with Gasteiger partial charge in [-0.2, -0.15) is 0 Å². The van der Waals surface area contributed by atoms with Crippen LogP contribution >= 0.6 is 0 Å². The minimum absolute atomic E-state index is 0.176. The smallest absolute Gasteiger partial charge is 0.328 e. The first-order valence-corrected chi connectivity index (χ1v) is 4.00. The lowest BCUT2D eigenvalue weighted by Crippen LogP contribution is -2.18. The van der Waals surface area contributed by atoms with Gasteiger partial charge in [-0.1, -0.05) is 6.92 Å². The molecule has 0 aromatic carbocycles. The maximum Gasteiger partial charge on any atom is 0.328 e. The average molecular weight is 167 g/mol. The van der Waals surface area contributed by atoms with Crippen molar-refractivity contribution in [2.75, 3.05) is 7.11 Å². The second-order valence-corrected chi connectivity index (χ2v) is 2.58. The van der Waals surface area contributed by atoms with Crippen molar-refractivity contribution < 1.29 is 9.53 Å². The zero-order valence-corrected chi connectivity index (χ0v) is 7.36. The van der Waals surface area contributed by atoms with Crippen LogP contribution < -0.4 is 0 Å². The van der Waals surface area contributed by atoms with Gasteiger partial charge >= 0.3 is 5.97 Å². The summed E-state index contributed by atoms with van der Waals surface area (Å²) in [5, 5.41) is 0. The van der Waals surface area contributed by atoms with Crippen LogP contribution in [0.3, 0.4) is 0 Å². The molecule has 1 atom stereocenters. The molecule has 0 amide bonds.